The minimum absolute atomic E-state index is 0.0168. The number of rotatable bonds is 2. The molecular weight excluding hydrogens is 275 g/mol. The quantitative estimate of drug-likeness (QED) is 0.703. The van der Waals surface area contributed by atoms with Gasteiger partial charge in [0.05, 0.1) is 10.4 Å². The van der Waals surface area contributed by atoms with Gasteiger partial charge in [-0.25, -0.2) is 14.4 Å². The van der Waals surface area contributed by atoms with E-state index < -0.39 is 5.82 Å². The molecule has 2 aromatic heterocycles. The molecule has 0 radical (unpaired) electrons. The Bertz CT molecular complexity index is 716. The van der Waals surface area contributed by atoms with Gasteiger partial charge in [0.25, 0.3) is 0 Å². The summed E-state index contributed by atoms with van der Waals surface area (Å²) < 4.78 is 18.6. The molecule has 90 valence electrons. The number of thiophene rings is 1. The number of hydrogen-bond donors (Lipinski definition) is 0. The molecule has 0 bridgehead atoms. The lowest BCUT2D eigenvalue weighted by atomic mass is 10.3. The van der Waals surface area contributed by atoms with Gasteiger partial charge in [-0.1, -0.05) is 11.6 Å². The Morgan fingerprint density at radius 3 is 2.94 bits per heavy atom. The van der Waals surface area contributed by atoms with Gasteiger partial charge < -0.3 is 4.74 Å². The van der Waals surface area contributed by atoms with E-state index in [1.54, 1.807) is 0 Å². The molecule has 0 atom stereocenters. The first-order chi connectivity index (χ1) is 8.74. The molecule has 0 saturated heterocycles. The van der Waals surface area contributed by atoms with E-state index >= 15 is 0 Å². The van der Waals surface area contributed by atoms with Crippen LogP contribution in [0.1, 0.15) is 0 Å². The van der Waals surface area contributed by atoms with Crippen LogP contribution in [-0.4, -0.2) is 9.97 Å². The normalized spacial score (nSPS) is 10.8. The number of aromatic nitrogens is 2. The van der Waals surface area contributed by atoms with Crippen LogP contribution in [0.2, 0.25) is 5.02 Å². The van der Waals surface area contributed by atoms with Crippen molar-refractivity contribution in [3.8, 4) is 11.6 Å². The van der Waals surface area contributed by atoms with Gasteiger partial charge in [0.15, 0.2) is 0 Å². The standard InChI is InChI=1S/C12H6ClFN2OS/c13-9-5-7(1-2-10(9)14)17-11-8-3-4-18-12(8)16-6-15-11/h1-6H. The monoisotopic (exact) mass is 280 g/mol. The van der Waals surface area contributed by atoms with Crippen LogP contribution in [0.3, 0.4) is 0 Å². The molecular formula is C12H6ClFN2OS. The largest absolute Gasteiger partial charge is 0.438 e. The fraction of sp³-hybridized carbons (Fsp3) is 0. The van der Waals surface area contributed by atoms with Crippen molar-refractivity contribution >= 4 is 33.2 Å². The highest BCUT2D eigenvalue weighted by molar-refractivity contribution is 7.16. The number of ether oxygens (including phenoxy) is 1. The maximum Gasteiger partial charge on any atom is 0.231 e. The first-order valence-electron chi connectivity index (χ1n) is 5.05. The molecule has 0 spiro atoms. The van der Waals surface area contributed by atoms with Crippen molar-refractivity contribution in [1.29, 1.82) is 0 Å². The summed E-state index contributed by atoms with van der Waals surface area (Å²) in [6, 6.07) is 6.04. The zero-order valence-corrected chi connectivity index (χ0v) is 10.5. The number of fused-ring (bicyclic) bond motifs is 1. The van der Waals surface area contributed by atoms with Crippen LogP contribution in [-0.2, 0) is 0 Å². The van der Waals surface area contributed by atoms with E-state index in [1.165, 1.54) is 35.9 Å². The van der Waals surface area contributed by atoms with Crippen LogP contribution in [0.4, 0.5) is 4.39 Å². The fourth-order valence-corrected chi connectivity index (χ4v) is 2.39. The highest BCUT2D eigenvalue weighted by atomic mass is 35.5. The second kappa shape index (κ2) is 4.51. The van der Waals surface area contributed by atoms with Gasteiger partial charge in [0, 0.05) is 6.07 Å². The molecule has 0 N–H and O–H groups in total. The third-order valence-electron chi connectivity index (χ3n) is 2.33. The topological polar surface area (TPSA) is 35.0 Å². The van der Waals surface area contributed by atoms with Crippen molar-refractivity contribution in [2.75, 3.05) is 0 Å². The lowest BCUT2D eigenvalue weighted by Gasteiger charge is -2.05. The predicted molar refractivity (Wildman–Crippen MR) is 68.9 cm³/mol. The SMILES string of the molecule is Fc1ccc(Oc2ncnc3sccc23)cc1Cl. The Morgan fingerprint density at radius 1 is 1.22 bits per heavy atom. The number of hydrogen-bond acceptors (Lipinski definition) is 4. The second-order valence-corrected chi connectivity index (χ2v) is 4.80. The van der Waals surface area contributed by atoms with Crippen molar-refractivity contribution < 1.29 is 9.13 Å². The predicted octanol–water partition coefficient (Wildman–Crippen LogP) is 4.28. The highest BCUT2D eigenvalue weighted by Gasteiger charge is 2.08. The molecule has 0 aliphatic rings. The summed E-state index contributed by atoms with van der Waals surface area (Å²) in [6.07, 6.45) is 1.43. The van der Waals surface area contributed by atoms with Crippen molar-refractivity contribution in [3.63, 3.8) is 0 Å². The lowest BCUT2D eigenvalue weighted by molar-refractivity contribution is 0.466. The van der Waals surface area contributed by atoms with Crippen LogP contribution in [0.25, 0.3) is 10.2 Å². The fourth-order valence-electron chi connectivity index (χ4n) is 1.50. The molecule has 0 aliphatic heterocycles. The van der Waals surface area contributed by atoms with Crippen LogP contribution < -0.4 is 4.74 Å². The average molecular weight is 281 g/mol. The summed E-state index contributed by atoms with van der Waals surface area (Å²) >= 11 is 7.19. The van der Waals surface area contributed by atoms with Crippen LogP contribution in [0, 0.1) is 5.82 Å². The molecule has 3 rings (SSSR count). The molecule has 1 aromatic carbocycles. The molecule has 18 heavy (non-hydrogen) atoms. The second-order valence-electron chi connectivity index (χ2n) is 3.50. The van der Waals surface area contributed by atoms with Crippen LogP contribution in [0.15, 0.2) is 36.0 Å². The van der Waals surface area contributed by atoms with E-state index in [4.69, 9.17) is 16.3 Å². The molecule has 0 amide bonds. The van der Waals surface area contributed by atoms with Crippen molar-refractivity contribution in [2.45, 2.75) is 0 Å². The van der Waals surface area contributed by atoms with Gasteiger partial charge in [-0.2, -0.15) is 0 Å². The average Bonchev–Trinajstić information content (AvgIpc) is 2.83. The molecule has 3 nitrogen and oxygen atoms in total. The molecule has 0 aliphatic carbocycles. The highest BCUT2D eigenvalue weighted by Crippen LogP contribution is 2.30. The maximum absolute atomic E-state index is 13.0. The van der Waals surface area contributed by atoms with Crippen LogP contribution in [0.5, 0.6) is 11.6 Å². The van der Waals surface area contributed by atoms with E-state index in [1.807, 2.05) is 11.4 Å². The van der Waals surface area contributed by atoms with Crippen molar-refractivity contribution in [3.05, 3.63) is 46.8 Å². The Balaban J connectivity index is 2.01. The van der Waals surface area contributed by atoms with Gasteiger partial charge in [-0.3, -0.25) is 0 Å². The number of benzene rings is 1. The third kappa shape index (κ3) is 2.02. The Kier molecular flexibility index (Phi) is 2.85. The van der Waals surface area contributed by atoms with Gasteiger partial charge in [-0.15, -0.1) is 11.3 Å². The number of nitrogens with zero attached hydrogens (tertiary/aromatic N) is 2. The van der Waals surface area contributed by atoms with E-state index in [0.717, 1.165) is 10.2 Å². The third-order valence-corrected chi connectivity index (χ3v) is 3.44. The summed E-state index contributed by atoms with van der Waals surface area (Å²) in [5.41, 5.74) is 0. The summed E-state index contributed by atoms with van der Waals surface area (Å²) in [6.45, 7) is 0. The summed E-state index contributed by atoms with van der Waals surface area (Å²) in [4.78, 5) is 9.02. The smallest absolute Gasteiger partial charge is 0.231 e. The van der Waals surface area contributed by atoms with Crippen molar-refractivity contribution in [1.82, 2.24) is 9.97 Å². The molecule has 2 heterocycles. The van der Waals surface area contributed by atoms with E-state index in [2.05, 4.69) is 9.97 Å². The molecule has 3 aromatic rings. The van der Waals surface area contributed by atoms with E-state index in [9.17, 15) is 4.39 Å². The Morgan fingerprint density at radius 2 is 2.11 bits per heavy atom. The Hall–Kier alpha value is -1.72. The summed E-state index contributed by atoms with van der Waals surface area (Å²) in [5.74, 6) is 0.393. The van der Waals surface area contributed by atoms with Gasteiger partial charge >= 0.3 is 0 Å². The Labute approximate surface area is 111 Å². The van der Waals surface area contributed by atoms with Gasteiger partial charge in [0.1, 0.15) is 22.7 Å². The summed E-state index contributed by atoms with van der Waals surface area (Å²) in [5, 5.41) is 2.75. The first kappa shape index (κ1) is 11.4. The lowest BCUT2D eigenvalue weighted by Crippen LogP contribution is -1.90. The summed E-state index contributed by atoms with van der Waals surface area (Å²) in [7, 11) is 0. The minimum Gasteiger partial charge on any atom is -0.438 e. The maximum atomic E-state index is 13.0. The van der Waals surface area contributed by atoms with Crippen molar-refractivity contribution in [2.24, 2.45) is 0 Å². The molecule has 6 heteroatoms. The molecule has 0 unspecified atom stereocenters. The zero-order valence-electron chi connectivity index (χ0n) is 8.93. The number of halogens is 2. The van der Waals surface area contributed by atoms with Gasteiger partial charge in [-0.05, 0) is 23.6 Å². The van der Waals surface area contributed by atoms with E-state index in [0.29, 0.717) is 11.6 Å². The molecule has 0 fully saturated rings. The zero-order chi connectivity index (χ0) is 12.5. The van der Waals surface area contributed by atoms with Crippen LogP contribution >= 0.6 is 22.9 Å². The van der Waals surface area contributed by atoms with E-state index in [-0.39, 0.29) is 5.02 Å². The van der Waals surface area contributed by atoms with Gasteiger partial charge in [0.2, 0.25) is 5.88 Å². The first-order valence-corrected chi connectivity index (χ1v) is 6.31. The minimum atomic E-state index is -0.479. The molecule has 0 saturated carbocycles.